The number of hydrogen-bond acceptors (Lipinski definition) is 5. The third kappa shape index (κ3) is 2.98. The summed E-state index contributed by atoms with van der Waals surface area (Å²) in [6, 6.07) is -0.259. The molecular weight excluding hydrogens is 290 g/mol. The SMILES string of the molecule is CC(C)c1nc(S(N)(=O)=O)cn1C1CCS(=O)(=O)C1. The van der Waals surface area contributed by atoms with Crippen molar-refractivity contribution >= 4 is 19.9 Å². The van der Waals surface area contributed by atoms with Crippen molar-refractivity contribution in [2.45, 2.75) is 37.3 Å². The van der Waals surface area contributed by atoms with Crippen LogP contribution < -0.4 is 5.14 Å². The van der Waals surface area contributed by atoms with Crippen LogP contribution >= 0.6 is 0 Å². The van der Waals surface area contributed by atoms with E-state index in [2.05, 4.69) is 4.98 Å². The Morgan fingerprint density at radius 1 is 1.47 bits per heavy atom. The molecule has 0 aromatic carbocycles. The molecule has 1 aromatic heterocycles. The summed E-state index contributed by atoms with van der Waals surface area (Å²) in [7, 11) is -6.92. The van der Waals surface area contributed by atoms with Gasteiger partial charge >= 0.3 is 0 Å². The molecule has 0 bridgehead atoms. The fourth-order valence-corrected chi connectivity index (χ4v) is 4.43. The van der Waals surface area contributed by atoms with E-state index in [9.17, 15) is 16.8 Å². The molecule has 1 saturated heterocycles. The van der Waals surface area contributed by atoms with Gasteiger partial charge in [0.25, 0.3) is 10.0 Å². The van der Waals surface area contributed by atoms with Gasteiger partial charge in [0, 0.05) is 18.2 Å². The average molecular weight is 307 g/mol. The topological polar surface area (TPSA) is 112 Å². The van der Waals surface area contributed by atoms with Crippen LogP contribution in [0.2, 0.25) is 0 Å². The lowest BCUT2D eigenvalue weighted by Gasteiger charge is -2.15. The Kier molecular flexibility index (Phi) is 3.48. The summed E-state index contributed by atoms with van der Waals surface area (Å²) in [6.45, 7) is 3.74. The Morgan fingerprint density at radius 2 is 2.11 bits per heavy atom. The molecule has 1 atom stereocenters. The normalized spacial score (nSPS) is 23.1. The highest BCUT2D eigenvalue weighted by atomic mass is 32.2. The summed E-state index contributed by atoms with van der Waals surface area (Å²) in [4.78, 5) is 4.03. The predicted octanol–water partition coefficient (Wildman–Crippen LogP) is 0.0135. The molecule has 2 heterocycles. The molecular formula is C10H17N3O4S2. The second kappa shape index (κ2) is 4.57. The van der Waals surface area contributed by atoms with Gasteiger partial charge in [-0.05, 0) is 6.42 Å². The minimum atomic E-state index is -3.88. The van der Waals surface area contributed by atoms with Crippen LogP contribution in [-0.4, -0.2) is 37.9 Å². The predicted molar refractivity (Wildman–Crippen MR) is 70.0 cm³/mol. The molecule has 0 aliphatic carbocycles. The van der Waals surface area contributed by atoms with E-state index in [4.69, 9.17) is 5.14 Å². The van der Waals surface area contributed by atoms with Crippen LogP contribution in [0.4, 0.5) is 0 Å². The number of imidazole rings is 1. The van der Waals surface area contributed by atoms with E-state index >= 15 is 0 Å². The molecule has 0 spiro atoms. The van der Waals surface area contributed by atoms with Crippen LogP contribution in [0.1, 0.15) is 38.1 Å². The van der Waals surface area contributed by atoms with E-state index in [0.717, 1.165) is 0 Å². The van der Waals surface area contributed by atoms with Crippen molar-refractivity contribution in [3.05, 3.63) is 12.0 Å². The van der Waals surface area contributed by atoms with Crippen LogP contribution in [0.25, 0.3) is 0 Å². The average Bonchev–Trinajstić information content (AvgIpc) is 2.79. The molecule has 2 rings (SSSR count). The molecule has 2 N–H and O–H groups in total. The molecule has 1 aromatic rings. The van der Waals surface area contributed by atoms with Crippen LogP contribution in [0.15, 0.2) is 11.2 Å². The van der Waals surface area contributed by atoms with Gasteiger partial charge in [-0.15, -0.1) is 0 Å². The highest BCUT2D eigenvalue weighted by Crippen LogP contribution is 2.28. The van der Waals surface area contributed by atoms with E-state index in [1.165, 1.54) is 6.20 Å². The monoisotopic (exact) mass is 307 g/mol. The lowest BCUT2D eigenvalue weighted by molar-refractivity contribution is 0.518. The molecule has 1 aliphatic rings. The molecule has 108 valence electrons. The number of sulfonamides is 1. The fraction of sp³-hybridized carbons (Fsp3) is 0.700. The quantitative estimate of drug-likeness (QED) is 0.845. The van der Waals surface area contributed by atoms with Gasteiger partial charge in [0.15, 0.2) is 14.9 Å². The Bertz CT molecular complexity index is 688. The van der Waals surface area contributed by atoms with E-state index in [1.54, 1.807) is 4.57 Å². The van der Waals surface area contributed by atoms with Gasteiger partial charge in [0.05, 0.1) is 11.5 Å². The number of sulfone groups is 1. The first-order valence-electron chi connectivity index (χ1n) is 5.92. The maximum absolute atomic E-state index is 11.5. The summed E-state index contributed by atoms with van der Waals surface area (Å²) in [5.41, 5.74) is 0. The van der Waals surface area contributed by atoms with Crippen molar-refractivity contribution in [3.8, 4) is 0 Å². The van der Waals surface area contributed by atoms with Crippen LogP contribution in [0.3, 0.4) is 0 Å². The van der Waals surface area contributed by atoms with Gasteiger partial charge in [0.2, 0.25) is 0 Å². The number of nitrogens with zero attached hydrogens (tertiary/aromatic N) is 2. The standard InChI is InChI=1S/C10H17N3O4S2/c1-7(2)10-12-9(19(11,16)17)5-13(10)8-3-4-18(14,15)6-8/h5,7-8H,3-4,6H2,1-2H3,(H2,11,16,17). The van der Waals surface area contributed by atoms with Crippen molar-refractivity contribution in [1.82, 2.24) is 9.55 Å². The van der Waals surface area contributed by atoms with Crippen molar-refractivity contribution in [3.63, 3.8) is 0 Å². The Morgan fingerprint density at radius 3 is 2.53 bits per heavy atom. The Labute approximate surface area is 112 Å². The molecule has 1 fully saturated rings. The fourth-order valence-electron chi connectivity index (χ4n) is 2.24. The smallest absolute Gasteiger partial charge is 0.257 e. The molecule has 1 aliphatic heterocycles. The van der Waals surface area contributed by atoms with E-state index in [0.29, 0.717) is 12.2 Å². The van der Waals surface area contributed by atoms with Crippen LogP contribution in [-0.2, 0) is 19.9 Å². The van der Waals surface area contributed by atoms with E-state index in [-0.39, 0.29) is 28.5 Å². The van der Waals surface area contributed by atoms with Gasteiger partial charge in [-0.3, -0.25) is 0 Å². The molecule has 7 nitrogen and oxygen atoms in total. The third-order valence-corrected chi connectivity index (χ3v) is 5.68. The summed E-state index contributed by atoms with van der Waals surface area (Å²) >= 11 is 0. The maximum atomic E-state index is 11.5. The van der Waals surface area contributed by atoms with Gasteiger partial charge < -0.3 is 4.57 Å². The summed E-state index contributed by atoms with van der Waals surface area (Å²) in [5.74, 6) is 0.676. The van der Waals surface area contributed by atoms with E-state index in [1.807, 2.05) is 13.8 Å². The van der Waals surface area contributed by atoms with Crippen molar-refractivity contribution in [1.29, 1.82) is 0 Å². The molecule has 1 unspecified atom stereocenters. The molecule has 19 heavy (non-hydrogen) atoms. The van der Waals surface area contributed by atoms with Crippen LogP contribution in [0, 0.1) is 0 Å². The first kappa shape index (κ1) is 14.5. The third-order valence-electron chi connectivity index (χ3n) is 3.15. The lowest BCUT2D eigenvalue weighted by Crippen LogP contribution is -2.14. The van der Waals surface area contributed by atoms with Crippen molar-refractivity contribution < 1.29 is 16.8 Å². The van der Waals surface area contributed by atoms with Gasteiger partial charge in [-0.1, -0.05) is 13.8 Å². The summed E-state index contributed by atoms with van der Waals surface area (Å²) < 4.78 is 47.4. The highest BCUT2D eigenvalue weighted by molar-refractivity contribution is 7.91. The van der Waals surface area contributed by atoms with Crippen molar-refractivity contribution in [2.75, 3.05) is 11.5 Å². The van der Waals surface area contributed by atoms with Crippen LogP contribution in [0.5, 0.6) is 0 Å². The summed E-state index contributed by atoms with van der Waals surface area (Å²) in [6.07, 6.45) is 1.82. The molecule has 0 saturated carbocycles. The summed E-state index contributed by atoms with van der Waals surface area (Å²) in [5, 5.41) is 4.86. The zero-order valence-electron chi connectivity index (χ0n) is 10.8. The van der Waals surface area contributed by atoms with Gasteiger partial charge in [0.1, 0.15) is 5.82 Å². The molecule has 0 amide bonds. The first-order chi connectivity index (χ1) is 8.60. The minimum Gasteiger partial charge on any atom is -0.329 e. The molecule has 0 radical (unpaired) electrons. The van der Waals surface area contributed by atoms with Gasteiger partial charge in [-0.2, -0.15) is 0 Å². The Hall–Kier alpha value is -0.930. The highest BCUT2D eigenvalue weighted by Gasteiger charge is 2.32. The zero-order chi connectivity index (χ0) is 14.4. The largest absolute Gasteiger partial charge is 0.329 e. The number of aromatic nitrogens is 2. The number of hydrogen-bond donors (Lipinski definition) is 1. The number of nitrogens with two attached hydrogens (primary N) is 1. The second-order valence-corrected chi connectivity index (χ2v) is 8.84. The van der Waals surface area contributed by atoms with Gasteiger partial charge in [-0.25, -0.2) is 27.0 Å². The lowest BCUT2D eigenvalue weighted by atomic mass is 10.2. The van der Waals surface area contributed by atoms with E-state index < -0.39 is 19.9 Å². The number of primary sulfonamides is 1. The zero-order valence-corrected chi connectivity index (χ0v) is 12.4. The Balaban J connectivity index is 2.48. The number of rotatable bonds is 3. The molecule has 9 heteroatoms. The first-order valence-corrected chi connectivity index (χ1v) is 9.29. The van der Waals surface area contributed by atoms with Crippen molar-refractivity contribution in [2.24, 2.45) is 5.14 Å². The maximum Gasteiger partial charge on any atom is 0.257 e. The second-order valence-electron chi connectivity index (χ2n) is 5.10. The minimum absolute atomic E-state index is 0.0150.